The molecule has 1 heterocycles. The lowest BCUT2D eigenvalue weighted by atomic mass is 9.98. The van der Waals surface area contributed by atoms with E-state index in [9.17, 15) is 24.6 Å². The number of rotatable bonds is 8. The van der Waals surface area contributed by atoms with E-state index in [2.05, 4.69) is 10.6 Å². The van der Waals surface area contributed by atoms with Crippen molar-refractivity contribution >= 4 is 23.8 Å². The lowest BCUT2D eigenvalue weighted by Gasteiger charge is -2.41. The monoisotopic (exact) mass is 578 g/mol. The zero-order valence-corrected chi connectivity index (χ0v) is 23.4. The van der Waals surface area contributed by atoms with Gasteiger partial charge in [0, 0.05) is 5.69 Å². The lowest BCUT2D eigenvalue weighted by Crippen LogP contribution is -2.61. The molecular weight excluding hydrogens is 544 g/mol. The zero-order chi connectivity index (χ0) is 30.2. The van der Waals surface area contributed by atoms with Gasteiger partial charge in [0.25, 0.3) is 0 Å². The van der Waals surface area contributed by atoms with Crippen molar-refractivity contribution in [3.8, 4) is 0 Å². The fourth-order valence-electron chi connectivity index (χ4n) is 4.59. The standard InChI is InChI=1S/C31H34N2O9/c1-18-14-19(2)16-23(15-18)33-30(37)39-17-24-25(34)26(42-31(38)32-20(3)21-10-6-4-7-11-21)27(29(36)40-24)41-28(35)22-12-8-5-9-13-22/h4-16,20,24-27,29,34,36H,17H2,1-3H3,(H,32,38)(H,33,37)/t20-,24+,25+,26-,27+,29+/m0/s1. The van der Waals surface area contributed by atoms with Crippen LogP contribution in [0.4, 0.5) is 15.3 Å². The summed E-state index contributed by atoms with van der Waals surface area (Å²) in [7, 11) is 0. The van der Waals surface area contributed by atoms with Crippen molar-refractivity contribution in [2.75, 3.05) is 11.9 Å². The summed E-state index contributed by atoms with van der Waals surface area (Å²) in [4.78, 5) is 38.1. The largest absolute Gasteiger partial charge is 0.449 e. The molecule has 0 aromatic heterocycles. The molecule has 0 aliphatic carbocycles. The normalized spacial score (nSPS) is 22.4. The molecule has 0 unspecified atom stereocenters. The molecule has 1 fully saturated rings. The Balaban J connectivity index is 1.46. The molecule has 0 bridgehead atoms. The minimum Gasteiger partial charge on any atom is -0.449 e. The minimum absolute atomic E-state index is 0.175. The highest BCUT2D eigenvalue weighted by atomic mass is 16.7. The third kappa shape index (κ3) is 8.06. The number of carbonyl (C=O) groups is 3. The molecule has 0 radical (unpaired) electrons. The topological polar surface area (TPSA) is 153 Å². The molecule has 42 heavy (non-hydrogen) atoms. The number of hydrogen-bond donors (Lipinski definition) is 4. The van der Waals surface area contributed by atoms with E-state index in [4.69, 9.17) is 18.9 Å². The number of nitrogens with one attached hydrogen (secondary N) is 2. The fraction of sp³-hybridized carbons (Fsp3) is 0.323. The molecule has 1 aliphatic heterocycles. The van der Waals surface area contributed by atoms with Crippen molar-refractivity contribution < 1.29 is 43.5 Å². The van der Waals surface area contributed by atoms with Crippen molar-refractivity contribution in [2.24, 2.45) is 0 Å². The van der Waals surface area contributed by atoms with E-state index in [0.717, 1.165) is 16.7 Å². The maximum atomic E-state index is 12.9. The Morgan fingerprint density at radius 2 is 1.48 bits per heavy atom. The maximum Gasteiger partial charge on any atom is 0.411 e. The number of esters is 1. The van der Waals surface area contributed by atoms with Crippen LogP contribution in [0.5, 0.6) is 0 Å². The first-order valence-electron chi connectivity index (χ1n) is 13.4. The van der Waals surface area contributed by atoms with Crippen molar-refractivity contribution in [2.45, 2.75) is 57.5 Å². The third-order valence-electron chi connectivity index (χ3n) is 6.61. The molecule has 3 aromatic carbocycles. The highest BCUT2D eigenvalue weighted by Crippen LogP contribution is 2.27. The van der Waals surface area contributed by atoms with Crippen LogP contribution in [-0.4, -0.2) is 65.7 Å². The number of hydrogen-bond acceptors (Lipinski definition) is 9. The maximum absolute atomic E-state index is 12.9. The molecule has 1 aliphatic rings. The lowest BCUT2D eigenvalue weighted by molar-refractivity contribution is -0.284. The van der Waals surface area contributed by atoms with Gasteiger partial charge in [0.1, 0.15) is 18.8 Å². The molecule has 2 amide bonds. The summed E-state index contributed by atoms with van der Waals surface area (Å²) in [5.41, 5.74) is 3.37. The van der Waals surface area contributed by atoms with Crippen LogP contribution in [0.3, 0.4) is 0 Å². The van der Waals surface area contributed by atoms with Crippen LogP contribution >= 0.6 is 0 Å². The summed E-state index contributed by atoms with van der Waals surface area (Å²) >= 11 is 0. The van der Waals surface area contributed by atoms with Gasteiger partial charge in [-0.15, -0.1) is 0 Å². The van der Waals surface area contributed by atoms with Gasteiger partial charge in [-0.1, -0.05) is 54.6 Å². The minimum atomic E-state index is -1.82. The van der Waals surface area contributed by atoms with E-state index >= 15 is 0 Å². The highest BCUT2D eigenvalue weighted by Gasteiger charge is 2.50. The van der Waals surface area contributed by atoms with Crippen LogP contribution < -0.4 is 10.6 Å². The number of aliphatic hydroxyl groups excluding tert-OH is 2. The Kier molecular flexibility index (Phi) is 10.1. The summed E-state index contributed by atoms with van der Waals surface area (Å²) in [6.45, 7) is 5.00. The van der Waals surface area contributed by atoms with E-state index < -0.39 is 61.5 Å². The fourth-order valence-corrected chi connectivity index (χ4v) is 4.59. The SMILES string of the molecule is Cc1cc(C)cc(NC(=O)OC[C@H]2O[C@@H](O)[C@H](OC(=O)c3ccccc3)[C@@H](OC(=O)N[C@@H](C)c3ccccc3)[C@@H]2O)c1. The Bertz CT molecular complexity index is 1350. The number of anilines is 1. The second-order valence-electron chi connectivity index (χ2n) is 10.0. The van der Waals surface area contributed by atoms with Gasteiger partial charge in [-0.05, 0) is 61.7 Å². The van der Waals surface area contributed by atoms with Gasteiger partial charge in [0.15, 0.2) is 18.5 Å². The van der Waals surface area contributed by atoms with Gasteiger partial charge in [-0.3, -0.25) is 5.32 Å². The molecule has 222 valence electrons. The summed E-state index contributed by atoms with van der Waals surface area (Å²) in [5, 5.41) is 27.2. The second-order valence-corrected chi connectivity index (χ2v) is 10.0. The molecule has 4 N–H and O–H groups in total. The summed E-state index contributed by atoms with van der Waals surface area (Å²) < 4.78 is 21.6. The van der Waals surface area contributed by atoms with Gasteiger partial charge in [0.05, 0.1) is 11.6 Å². The van der Waals surface area contributed by atoms with Crippen molar-refractivity contribution in [3.63, 3.8) is 0 Å². The van der Waals surface area contributed by atoms with Gasteiger partial charge >= 0.3 is 18.2 Å². The van der Waals surface area contributed by atoms with Crippen molar-refractivity contribution in [3.05, 3.63) is 101 Å². The average Bonchev–Trinajstić information content (AvgIpc) is 2.96. The first-order valence-corrected chi connectivity index (χ1v) is 13.4. The number of ether oxygens (including phenoxy) is 4. The Morgan fingerprint density at radius 1 is 0.857 bits per heavy atom. The molecule has 0 spiro atoms. The smallest absolute Gasteiger partial charge is 0.411 e. The number of aryl methyl sites for hydroxylation is 2. The van der Waals surface area contributed by atoms with Crippen LogP contribution in [0.15, 0.2) is 78.9 Å². The Hall–Kier alpha value is -4.45. The van der Waals surface area contributed by atoms with E-state index in [1.54, 1.807) is 37.3 Å². The predicted octanol–water partition coefficient (Wildman–Crippen LogP) is 4.01. The van der Waals surface area contributed by atoms with Crippen LogP contribution in [0, 0.1) is 13.8 Å². The van der Waals surface area contributed by atoms with E-state index in [1.807, 2.05) is 50.2 Å². The zero-order valence-electron chi connectivity index (χ0n) is 23.4. The third-order valence-corrected chi connectivity index (χ3v) is 6.61. The Morgan fingerprint density at radius 3 is 2.12 bits per heavy atom. The summed E-state index contributed by atoms with van der Waals surface area (Å²) in [6, 6.07) is 22.1. The average molecular weight is 579 g/mol. The number of alkyl carbamates (subject to hydrolysis) is 1. The molecular formula is C31H34N2O9. The van der Waals surface area contributed by atoms with Gasteiger partial charge in [0.2, 0.25) is 0 Å². The van der Waals surface area contributed by atoms with Crippen LogP contribution in [0.1, 0.15) is 40.0 Å². The van der Waals surface area contributed by atoms with E-state index in [0.29, 0.717) is 5.69 Å². The van der Waals surface area contributed by atoms with Crippen LogP contribution in [0.2, 0.25) is 0 Å². The van der Waals surface area contributed by atoms with Crippen molar-refractivity contribution in [1.29, 1.82) is 0 Å². The molecule has 3 aromatic rings. The van der Waals surface area contributed by atoms with Gasteiger partial charge in [-0.25, -0.2) is 14.4 Å². The molecule has 11 heteroatoms. The molecule has 6 atom stereocenters. The van der Waals surface area contributed by atoms with Crippen molar-refractivity contribution in [1.82, 2.24) is 5.32 Å². The number of benzene rings is 3. The summed E-state index contributed by atoms with van der Waals surface area (Å²) in [5.74, 6) is -0.829. The molecule has 4 rings (SSSR count). The number of carbonyl (C=O) groups excluding carboxylic acids is 3. The van der Waals surface area contributed by atoms with Gasteiger partial charge < -0.3 is 34.5 Å². The van der Waals surface area contributed by atoms with Crippen LogP contribution in [0.25, 0.3) is 0 Å². The quantitative estimate of drug-likeness (QED) is 0.229. The molecule has 11 nitrogen and oxygen atoms in total. The Labute approximate surface area is 243 Å². The second kappa shape index (κ2) is 13.9. The molecule has 0 saturated carbocycles. The summed E-state index contributed by atoms with van der Waals surface area (Å²) in [6.07, 6.45) is -9.70. The predicted molar refractivity (Wildman–Crippen MR) is 152 cm³/mol. The highest BCUT2D eigenvalue weighted by molar-refractivity contribution is 5.89. The van der Waals surface area contributed by atoms with Crippen LogP contribution in [-0.2, 0) is 18.9 Å². The molecule has 1 saturated heterocycles. The number of amides is 2. The first kappa shape index (κ1) is 30.5. The van der Waals surface area contributed by atoms with E-state index in [-0.39, 0.29) is 5.56 Å². The van der Waals surface area contributed by atoms with Gasteiger partial charge in [-0.2, -0.15) is 0 Å². The first-order chi connectivity index (χ1) is 20.1. The number of aliphatic hydroxyl groups is 2. The van der Waals surface area contributed by atoms with E-state index in [1.165, 1.54) is 12.1 Å².